The molecule has 34 heavy (non-hydrogen) atoms. The zero-order chi connectivity index (χ0) is 23.7. The minimum Gasteiger partial charge on any atom is -0.504 e. The molecule has 5 aromatic rings. The van der Waals surface area contributed by atoms with Crippen LogP contribution in [0, 0.1) is 0 Å². The number of carbonyl (C=O) groups excluding carboxylic acids is 1. The van der Waals surface area contributed by atoms with Crippen LogP contribution in [-0.4, -0.2) is 42.5 Å². The monoisotopic (exact) mass is 494 g/mol. The topological polar surface area (TPSA) is 107 Å². The van der Waals surface area contributed by atoms with Gasteiger partial charge in [-0.25, -0.2) is 9.67 Å². The first kappa shape index (κ1) is 21.9. The summed E-state index contributed by atoms with van der Waals surface area (Å²) in [5.41, 5.74) is 3.65. The first-order valence-corrected chi connectivity index (χ1v) is 11.5. The summed E-state index contributed by atoms with van der Waals surface area (Å²) in [6.07, 6.45) is 3.59. The summed E-state index contributed by atoms with van der Waals surface area (Å²) in [5, 5.41) is 23.5. The highest BCUT2D eigenvalue weighted by molar-refractivity contribution is 7.15. The number of amides is 1. The Balaban J connectivity index is 1.24. The Morgan fingerprint density at radius 2 is 2.03 bits per heavy atom. The highest BCUT2D eigenvalue weighted by atomic mass is 35.5. The maximum absolute atomic E-state index is 12.8. The van der Waals surface area contributed by atoms with Crippen LogP contribution >= 0.6 is 22.9 Å². The van der Waals surface area contributed by atoms with E-state index in [9.17, 15) is 9.90 Å². The van der Waals surface area contributed by atoms with Crippen molar-refractivity contribution in [2.24, 2.45) is 0 Å². The minimum absolute atomic E-state index is 0.0633. The molecule has 0 aliphatic carbocycles. The highest BCUT2D eigenvalue weighted by Gasteiger charge is 2.16. The van der Waals surface area contributed by atoms with Gasteiger partial charge in [-0.05, 0) is 29.8 Å². The van der Waals surface area contributed by atoms with E-state index < -0.39 is 0 Å². The van der Waals surface area contributed by atoms with Crippen molar-refractivity contribution >= 4 is 33.8 Å². The van der Waals surface area contributed by atoms with Crippen molar-refractivity contribution in [1.29, 1.82) is 0 Å². The molecule has 0 aliphatic heterocycles. The molecule has 172 valence electrons. The second-order valence-corrected chi connectivity index (χ2v) is 8.78. The fourth-order valence-electron chi connectivity index (χ4n) is 3.49. The molecule has 0 unspecified atom stereocenters. The Hall–Kier alpha value is -3.89. The summed E-state index contributed by atoms with van der Waals surface area (Å²) in [6, 6.07) is 12.6. The van der Waals surface area contributed by atoms with E-state index in [1.54, 1.807) is 32.8 Å². The van der Waals surface area contributed by atoms with Crippen LogP contribution in [0.1, 0.15) is 21.7 Å². The van der Waals surface area contributed by atoms with Gasteiger partial charge in [-0.3, -0.25) is 9.20 Å². The molecule has 3 aromatic heterocycles. The van der Waals surface area contributed by atoms with Crippen LogP contribution in [0.15, 0.2) is 60.2 Å². The third-order valence-electron chi connectivity index (χ3n) is 5.19. The van der Waals surface area contributed by atoms with Gasteiger partial charge >= 0.3 is 0 Å². The number of nitrogens with one attached hydrogen (secondary N) is 1. The molecule has 5 rings (SSSR count). The Labute approximate surface area is 203 Å². The fraction of sp³-hybridized carbons (Fsp3) is 0.130. The molecule has 3 heterocycles. The molecule has 0 saturated carbocycles. The Bertz CT molecular complexity index is 1470. The average Bonchev–Trinajstić information content (AvgIpc) is 3.54. The summed E-state index contributed by atoms with van der Waals surface area (Å²) in [5.74, 6) is 0.237. The molecule has 0 radical (unpaired) electrons. The van der Waals surface area contributed by atoms with Crippen molar-refractivity contribution in [1.82, 2.24) is 29.7 Å². The molecular formula is C23H19ClN6O3S. The predicted octanol–water partition coefficient (Wildman–Crippen LogP) is 4.00. The lowest BCUT2D eigenvalue weighted by Crippen LogP contribution is -2.24. The minimum atomic E-state index is -0.235. The molecule has 0 saturated heterocycles. The third kappa shape index (κ3) is 4.45. The van der Waals surface area contributed by atoms with E-state index in [1.807, 2.05) is 36.5 Å². The van der Waals surface area contributed by atoms with E-state index in [0.29, 0.717) is 28.7 Å². The van der Waals surface area contributed by atoms with E-state index >= 15 is 0 Å². The lowest BCUT2D eigenvalue weighted by molar-refractivity contribution is 0.0945. The summed E-state index contributed by atoms with van der Waals surface area (Å²) in [6.45, 7) is 0.648. The SMILES string of the molecule is COc1ccc(Cn2cc(CNC(=O)c3csc4nc(-c5ccc(Cl)cc5)cn34)nn2)cc1O. The van der Waals surface area contributed by atoms with Crippen LogP contribution in [0.5, 0.6) is 11.5 Å². The van der Waals surface area contributed by atoms with Crippen molar-refractivity contribution in [3.05, 3.63) is 82.2 Å². The number of thiazole rings is 1. The van der Waals surface area contributed by atoms with Crippen LogP contribution in [0.3, 0.4) is 0 Å². The number of methoxy groups -OCH3 is 1. The number of imidazole rings is 1. The molecule has 0 aliphatic rings. The molecule has 2 N–H and O–H groups in total. The Morgan fingerprint density at radius 3 is 2.79 bits per heavy atom. The third-order valence-corrected chi connectivity index (χ3v) is 6.28. The van der Waals surface area contributed by atoms with E-state index in [-0.39, 0.29) is 18.2 Å². The molecule has 9 nitrogen and oxygen atoms in total. The number of rotatable bonds is 7. The summed E-state index contributed by atoms with van der Waals surface area (Å²) < 4.78 is 8.47. The zero-order valence-electron chi connectivity index (χ0n) is 18.0. The van der Waals surface area contributed by atoms with E-state index in [0.717, 1.165) is 21.8 Å². The fourth-order valence-corrected chi connectivity index (χ4v) is 4.47. The number of halogens is 1. The van der Waals surface area contributed by atoms with Gasteiger partial charge in [0.25, 0.3) is 5.91 Å². The number of phenols is 1. The maximum atomic E-state index is 12.8. The number of nitrogens with zero attached hydrogens (tertiary/aromatic N) is 5. The molecule has 2 aromatic carbocycles. The second kappa shape index (κ2) is 9.16. The highest BCUT2D eigenvalue weighted by Crippen LogP contribution is 2.27. The van der Waals surface area contributed by atoms with Crippen LogP contribution in [-0.2, 0) is 13.1 Å². The van der Waals surface area contributed by atoms with Gasteiger partial charge in [0.05, 0.1) is 32.1 Å². The lowest BCUT2D eigenvalue weighted by Gasteiger charge is -2.06. The summed E-state index contributed by atoms with van der Waals surface area (Å²) in [7, 11) is 1.50. The number of aromatic nitrogens is 5. The second-order valence-electron chi connectivity index (χ2n) is 7.50. The first-order valence-electron chi connectivity index (χ1n) is 10.3. The lowest BCUT2D eigenvalue weighted by atomic mass is 10.2. The maximum Gasteiger partial charge on any atom is 0.269 e. The van der Waals surface area contributed by atoms with E-state index in [4.69, 9.17) is 16.3 Å². The first-order chi connectivity index (χ1) is 16.5. The number of ether oxygens (including phenoxy) is 1. The Kier molecular flexibility index (Phi) is 5.91. The van der Waals surface area contributed by atoms with Crippen molar-refractivity contribution < 1.29 is 14.6 Å². The summed E-state index contributed by atoms with van der Waals surface area (Å²) >= 11 is 7.36. The standard InChI is InChI=1S/C23H19ClN6O3S/c1-33-21-7-2-14(8-20(21)31)10-29-11-17(27-28-29)9-25-22(32)19-13-34-23-26-18(12-30(19)23)15-3-5-16(24)6-4-15/h2-8,11-13,31H,9-10H2,1H3,(H,25,32). The molecule has 1 amide bonds. The zero-order valence-corrected chi connectivity index (χ0v) is 19.5. The predicted molar refractivity (Wildman–Crippen MR) is 128 cm³/mol. The van der Waals surface area contributed by atoms with Gasteiger partial charge in [-0.15, -0.1) is 16.4 Å². The average molecular weight is 495 g/mol. The molecule has 11 heteroatoms. The van der Waals surface area contributed by atoms with Crippen LogP contribution in [0.25, 0.3) is 16.2 Å². The van der Waals surface area contributed by atoms with Gasteiger partial charge in [0, 0.05) is 22.2 Å². The van der Waals surface area contributed by atoms with Crippen LogP contribution < -0.4 is 10.1 Å². The number of benzene rings is 2. The Morgan fingerprint density at radius 1 is 1.21 bits per heavy atom. The number of hydrogen-bond donors (Lipinski definition) is 2. The van der Waals surface area contributed by atoms with Crippen molar-refractivity contribution in [2.45, 2.75) is 13.1 Å². The number of hydrogen-bond acceptors (Lipinski definition) is 7. The molecule has 0 atom stereocenters. The van der Waals surface area contributed by atoms with E-state index in [2.05, 4.69) is 20.6 Å². The smallest absolute Gasteiger partial charge is 0.269 e. The number of carbonyl (C=O) groups is 1. The number of fused-ring (bicyclic) bond motifs is 1. The van der Waals surface area contributed by atoms with Crippen molar-refractivity contribution in [3.63, 3.8) is 0 Å². The largest absolute Gasteiger partial charge is 0.504 e. The quantitative estimate of drug-likeness (QED) is 0.354. The van der Waals surface area contributed by atoms with Gasteiger partial charge < -0.3 is 15.2 Å². The normalized spacial score (nSPS) is 11.1. The number of phenolic OH excluding ortho intramolecular Hbond substituents is 1. The summed E-state index contributed by atoms with van der Waals surface area (Å²) in [4.78, 5) is 18.1. The van der Waals surface area contributed by atoms with Gasteiger partial charge in [0.15, 0.2) is 16.5 Å². The van der Waals surface area contributed by atoms with Gasteiger partial charge in [0.2, 0.25) is 0 Å². The van der Waals surface area contributed by atoms with Gasteiger partial charge in [-0.1, -0.05) is 35.0 Å². The molecule has 0 spiro atoms. The van der Waals surface area contributed by atoms with Gasteiger partial charge in [-0.2, -0.15) is 0 Å². The molecule has 0 bridgehead atoms. The molecular weight excluding hydrogens is 476 g/mol. The van der Waals surface area contributed by atoms with Crippen LogP contribution in [0.2, 0.25) is 5.02 Å². The van der Waals surface area contributed by atoms with Crippen LogP contribution in [0.4, 0.5) is 0 Å². The molecule has 0 fully saturated rings. The number of aromatic hydroxyl groups is 1. The van der Waals surface area contributed by atoms with Gasteiger partial charge in [0.1, 0.15) is 11.4 Å². The van der Waals surface area contributed by atoms with Crippen molar-refractivity contribution in [3.8, 4) is 22.8 Å². The van der Waals surface area contributed by atoms with E-state index in [1.165, 1.54) is 18.4 Å². The van der Waals surface area contributed by atoms with Crippen molar-refractivity contribution in [2.75, 3.05) is 7.11 Å².